The Morgan fingerprint density at radius 3 is 2.30 bits per heavy atom. The van der Waals surface area contributed by atoms with Crippen LogP contribution in [-0.2, 0) is 20.0 Å². The fourth-order valence-electron chi connectivity index (χ4n) is 3.83. The standard InChI is InChI=1S/C21H24FNO3S/c1-15(16-8-10-19(11-9-16)27(2,25)26)23-20(24)21(12-3-4-13-21)17-6-5-7-18(22)14-17/h5-11,14-15H,3-4,12-13H2,1-2H3,(H,23,24). The van der Waals surface area contributed by atoms with Gasteiger partial charge in [0.25, 0.3) is 0 Å². The fourth-order valence-corrected chi connectivity index (χ4v) is 4.46. The van der Waals surface area contributed by atoms with E-state index in [-0.39, 0.29) is 22.7 Å². The molecule has 0 bridgehead atoms. The van der Waals surface area contributed by atoms with Gasteiger partial charge in [0.05, 0.1) is 16.4 Å². The summed E-state index contributed by atoms with van der Waals surface area (Å²) in [4.78, 5) is 13.4. The second kappa shape index (κ2) is 7.43. The lowest BCUT2D eigenvalue weighted by atomic mass is 9.77. The minimum absolute atomic E-state index is 0.106. The molecule has 1 N–H and O–H groups in total. The van der Waals surface area contributed by atoms with Gasteiger partial charge in [-0.3, -0.25) is 4.79 Å². The van der Waals surface area contributed by atoms with Crippen LogP contribution in [-0.4, -0.2) is 20.6 Å². The average molecular weight is 389 g/mol. The third-order valence-electron chi connectivity index (χ3n) is 5.42. The van der Waals surface area contributed by atoms with E-state index in [1.165, 1.54) is 12.1 Å². The van der Waals surface area contributed by atoms with Gasteiger partial charge < -0.3 is 5.32 Å². The molecular weight excluding hydrogens is 365 g/mol. The zero-order valence-electron chi connectivity index (χ0n) is 15.5. The predicted molar refractivity (Wildman–Crippen MR) is 103 cm³/mol. The highest BCUT2D eigenvalue weighted by Gasteiger charge is 2.43. The van der Waals surface area contributed by atoms with Crippen LogP contribution in [0.5, 0.6) is 0 Å². The van der Waals surface area contributed by atoms with Crippen LogP contribution in [0.2, 0.25) is 0 Å². The zero-order chi connectivity index (χ0) is 19.7. The van der Waals surface area contributed by atoms with Crippen LogP contribution in [0.1, 0.15) is 49.8 Å². The maximum absolute atomic E-state index is 13.7. The number of amides is 1. The van der Waals surface area contributed by atoms with Gasteiger partial charge >= 0.3 is 0 Å². The number of sulfone groups is 1. The molecule has 1 unspecified atom stereocenters. The molecular formula is C21H24FNO3S. The Bertz CT molecular complexity index is 932. The maximum Gasteiger partial charge on any atom is 0.231 e. The predicted octanol–water partition coefficient (Wildman–Crippen LogP) is 3.92. The lowest BCUT2D eigenvalue weighted by Gasteiger charge is -2.30. The summed E-state index contributed by atoms with van der Waals surface area (Å²) in [6.45, 7) is 1.86. The summed E-state index contributed by atoms with van der Waals surface area (Å²) >= 11 is 0. The molecule has 2 aromatic carbocycles. The topological polar surface area (TPSA) is 63.2 Å². The van der Waals surface area contributed by atoms with Gasteiger partial charge in [0.1, 0.15) is 5.82 Å². The van der Waals surface area contributed by atoms with Crippen LogP contribution >= 0.6 is 0 Å². The van der Waals surface area contributed by atoms with E-state index in [4.69, 9.17) is 0 Å². The number of nitrogens with one attached hydrogen (secondary N) is 1. The molecule has 0 aliphatic heterocycles. The van der Waals surface area contributed by atoms with Crippen molar-refractivity contribution in [3.05, 3.63) is 65.5 Å². The van der Waals surface area contributed by atoms with Gasteiger partial charge in [0.2, 0.25) is 5.91 Å². The Morgan fingerprint density at radius 2 is 1.74 bits per heavy atom. The van der Waals surface area contributed by atoms with Crippen molar-refractivity contribution in [1.29, 1.82) is 0 Å². The summed E-state index contributed by atoms with van der Waals surface area (Å²) in [6.07, 6.45) is 4.42. The van der Waals surface area contributed by atoms with Crippen molar-refractivity contribution in [2.75, 3.05) is 6.26 Å². The van der Waals surface area contributed by atoms with Gasteiger partial charge in [-0.2, -0.15) is 0 Å². The van der Waals surface area contributed by atoms with Crippen LogP contribution < -0.4 is 5.32 Å². The van der Waals surface area contributed by atoms with Crippen LogP contribution in [0.3, 0.4) is 0 Å². The Kier molecular flexibility index (Phi) is 5.38. The molecule has 0 radical (unpaired) electrons. The molecule has 2 aromatic rings. The fraction of sp³-hybridized carbons (Fsp3) is 0.381. The maximum atomic E-state index is 13.7. The Hall–Kier alpha value is -2.21. The van der Waals surface area contributed by atoms with Crippen molar-refractivity contribution < 1.29 is 17.6 Å². The first-order chi connectivity index (χ1) is 12.7. The Morgan fingerprint density at radius 1 is 1.11 bits per heavy atom. The van der Waals surface area contributed by atoms with E-state index < -0.39 is 15.3 Å². The minimum Gasteiger partial charge on any atom is -0.349 e. The SMILES string of the molecule is CC(NC(=O)C1(c2cccc(F)c2)CCCC1)c1ccc(S(C)(=O)=O)cc1. The summed E-state index contributed by atoms with van der Waals surface area (Å²) in [5.41, 5.74) is 0.837. The van der Waals surface area contributed by atoms with E-state index >= 15 is 0 Å². The summed E-state index contributed by atoms with van der Waals surface area (Å²) in [7, 11) is -3.25. The van der Waals surface area contributed by atoms with Gasteiger partial charge in [-0.25, -0.2) is 12.8 Å². The normalized spacial score (nSPS) is 17.4. The molecule has 6 heteroatoms. The molecule has 1 amide bonds. The number of halogens is 1. The zero-order valence-corrected chi connectivity index (χ0v) is 16.4. The number of carbonyl (C=O) groups is 1. The first-order valence-electron chi connectivity index (χ1n) is 9.09. The Labute approximate surface area is 159 Å². The molecule has 1 atom stereocenters. The molecule has 1 aliphatic carbocycles. The van der Waals surface area contributed by atoms with E-state index in [1.807, 2.05) is 13.0 Å². The number of hydrogen-bond donors (Lipinski definition) is 1. The first-order valence-corrected chi connectivity index (χ1v) is 11.0. The average Bonchev–Trinajstić information content (AvgIpc) is 3.12. The van der Waals surface area contributed by atoms with Crippen LogP contribution in [0.15, 0.2) is 53.4 Å². The number of benzene rings is 2. The van der Waals surface area contributed by atoms with Crippen molar-refractivity contribution in [2.45, 2.75) is 49.0 Å². The molecule has 1 saturated carbocycles. The van der Waals surface area contributed by atoms with Gasteiger partial charge in [0, 0.05) is 6.26 Å². The van der Waals surface area contributed by atoms with Gasteiger partial charge in [0.15, 0.2) is 9.84 Å². The summed E-state index contributed by atoms with van der Waals surface area (Å²) < 4.78 is 36.9. The van der Waals surface area contributed by atoms with Crippen LogP contribution in [0, 0.1) is 5.82 Å². The molecule has 4 nitrogen and oxygen atoms in total. The molecule has 27 heavy (non-hydrogen) atoms. The quantitative estimate of drug-likeness (QED) is 0.843. The highest BCUT2D eigenvalue weighted by molar-refractivity contribution is 7.90. The van der Waals surface area contributed by atoms with Gasteiger partial charge in [-0.1, -0.05) is 37.1 Å². The molecule has 1 fully saturated rings. The first kappa shape index (κ1) is 19.5. The van der Waals surface area contributed by atoms with Crippen molar-refractivity contribution >= 4 is 15.7 Å². The molecule has 1 aliphatic rings. The third kappa shape index (κ3) is 4.05. The Balaban J connectivity index is 1.82. The lowest BCUT2D eigenvalue weighted by Crippen LogP contribution is -2.43. The van der Waals surface area contributed by atoms with E-state index in [9.17, 15) is 17.6 Å². The monoisotopic (exact) mass is 389 g/mol. The molecule has 144 valence electrons. The van der Waals surface area contributed by atoms with Gasteiger partial charge in [-0.15, -0.1) is 0 Å². The number of rotatable bonds is 5. The van der Waals surface area contributed by atoms with E-state index in [1.54, 1.807) is 30.3 Å². The third-order valence-corrected chi connectivity index (χ3v) is 6.55. The molecule has 0 heterocycles. The summed E-state index contributed by atoms with van der Waals surface area (Å²) in [5.74, 6) is -0.443. The van der Waals surface area contributed by atoms with Crippen molar-refractivity contribution in [2.24, 2.45) is 0 Å². The molecule has 0 spiro atoms. The van der Waals surface area contributed by atoms with Crippen LogP contribution in [0.4, 0.5) is 4.39 Å². The largest absolute Gasteiger partial charge is 0.349 e. The van der Waals surface area contributed by atoms with E-state index in [2.05, 4.69) is 5.32 Å². The second-order valence-corrected chi connectivity index (χ2v) is 9.35. The lowest BCUT2D eigenvalue weighted by molar-refractivity contribution is -0.127. The van der Waals surface area contributed by atoms with Crippen molar-refractivity contribution in [3.8, 4) is 0 Å². The minimum atomic E-state index is -3.25. The highest BCUT2D eigenvalue weighted by Crippen LogP contribution is 2.42. The van der Waals surface area contributed by atoms with Gasteiger partial charge in [-0.05, 0) is 55.2 Å². The van der Waals surface area contributed by atoms with Crippen LogP contribution in [0.25, 0.3) is 0 Å². The van der Waals surface area contributed by atoms with E-state index in [0.717, 1.165) is 30.2 Å². The molecule has 3 rings (SSSR count). The second-order valence-electron chi connectivity index (χ2n) is 7.34. The summed E-state index contributed by atoms with van der Waals surface area (Å²) in [6, 6.07) is 12.5. The number of hydrogen-bond acceptors (Lipinski definition) is 3. The highest BCUT2D eigenvalue weighted by atomic mass is 32.2. The van der Waals surface area contributed by atoms with Crippen molar-refractivity contribution in [3.63, 3.8) is 0 Å². The molecule has 0 aromatic heterocycles. The smallest absolute Gasteiger partial charge is 0.231 e. The molecule has 0 saturated heterocycles. The van der Waals surface area contributed by atoms with Crippen molar-refractivity contribution in [1.82, 2.24) is 5.32 Å². The van der Waals surface area contributed by atoms with E-state index in [0.29, 0.717) is 12.8 Å². The summed E-state index contributed by atoms with van der Waals surface area (Å²) in [5, 5.41) is 3.04. The number of carbonyl (C=O) groups excluding carboxylic acids is 1.